The second-order valence-corrected chi connectivity index (χ2v) is 8.66. The Kier molecular flexibility index (Phi) is 9.61. The number of rotatable bonds is 11. The van der Waals surface area contributed by atoms with Crippen molar-refractivity contribution in [1.29, 1.82) is 0 Å². The Labute approximate surface area is 211 Å². The summed E-state index contributed by atoms with van der Waals surface area (Å²) < 4.78 is 29.8. The number of benzene rings is 3. The van der Waals surface area contributed by atoms with Gasteiger partial charge >= 0.3 is 5.97 Å². The van der Waals surface area contributed by atoms with Gasteiger partial charge in [0.2, 0.25) is 0 Å². The third-order valence-electron chi connectivity index (χ3n) is 5.88. The lowest BCUT2D eigenvalue weighted by atomic mass is 9.98. The van der Waals surface area contributed by atoms with Crippen LogP contribution in [-0.2, 0) is 48.3 Å². The maximum atomic E-state index is 12.1. The molecule has 190 valence electrons. The molecular weight excluding hydrogens is 460 g/mol. The predicted octanol–water partition coefficient (Wildman–Crippen LogP) is 4.02. The highest BCUT2D eigenvalue weighted by atomic mass is 16.7. The molecule has 1 aliphatic heterocycles. The number of aliphatic hydroxyl groups excluding tert-OH is 1. The van der Waals surface area contributed by atoms with E-state index in [1.807, 2.05) is 91.0 Å². The molecule has 0 saturated carbocycles. The van der Waals surface area contributed by atoms with Gasteiger partial charge in [0.1, 0.15) is 18.3 Å². The van der Waals surface area contributed by atoms with Crippen LogP contribution >= 0.6 is 0 Å². The SMILES string of the molecule is CC(=O)O[C@H]1[C@H](OCc2ccccc2)[C@@H](OCc2ccccc2)C(O)O[C@@H]1COCc1ccccc1. The van der Waals surface area contributed by atoms with Crippen molar-refractivity contribution in [2.75, 3.05) is 6.61 Å². The molecule has 3 aromatic rings. The average Bonchev–Trinajstić information content (AvgIpc) is 2.90. The number of hydrogen-bond donors (Lipinski definition) is 1. The topological polar surface area (TPSA) is 83.5 Å². The van der Waals surface area contributed by atoms with Crippen LogP contribution in [0.25, 0.3) is 0 Å². The van der Waals surface area contributed by atoms with Crippen molar-refractivity contribution in [2.24, 2.45) is 0 Å². The largest absolute Gasteiger partial charge is 0.457 e. The van der Waals surface area contributed by atoms with Crippen molar-refractivity contribution in [3.05, 3.63) is 108 Å². The van der Waals surface area contributed by atoms with E-state index in [0.717, 1.165) is 16.7 Å². The average molecular weight is 493 g/mol. The molecule has 7 nitrogen and oxygen atoms in total. The number of aliphatic hydroxyl groups is 1. The molecule has 1 fully saturated rings. The quantitative estimate of drug-likeness (QED) is 0.405. The molecule has 0 aromatic heterocycles. The van der Waals surface area contributed by atoms with Crippen LogP contribution in [0.5, 0.6) is 0 Å². The predicted molar refractivity (Wildman–Crippen MR) is 133 cm³/mol. The van der Waals surface area contributed by atoms with E-state index in [9.17, 15) is 9.90 Å². The maximum absolute atomic E-state index is 12.1. The molecular formula is C29H32O7. The van der Waals surface area contributed by atoms with Crippen LogP contribution in [0, 0.1) is 0 Å². The lowest BCUT2D eigenvalue weighted by molar-refractivity contribution is -0.311. The Balaban J connectivity index is 1.51. The number of esters is 1. The van der Waals surface area contributed by atoms with Crippen LogP contribution in [0.3, 0.4) is 0 Å². The van der Waals surface area contributed by atoms with Crippen LogP contribution in [0.2, 0.25) is 0 Å². The van der Waals surface area contributed by atoms with E-state index in [4.69, 9.17) is 23.7 Å². The van der Waals surface area contributed by atoms with Crippen molar-refractivity contribution < 1.29 is 33.6 Å². The summed E-state index contributed by atoms with van der Waals surface area (Å²) in [6.07, 6.45) is -4.56. The zero-order valence-electron chi connectivity index (χ0n) is 20.3. The third kappa shape index (κ3) is 7.46. The molecule has 7 heteroatoms. The minimum absolute atomic E-state index is 0.0977. The van der Waals surface area contributed by atoms with E-state index in [1.165, 1.54) is 6.92 Å². The van der Waals surface area contributed by atoms with E-state index < -0.39 is 36.7 Å². The van der Waals surface area contributed by atoms with Gasteiger partial charge in [0, 0.05) is 6.92 Å². The molecule has 0 bridgehead atoms. The molecule has 36 heavy (non-hydrogen) atoms. The van der Waals surface area contributed by atoms with Gasteiger partial charge in [-0.2, -0.15) is 0 Å². The van der Waals surface area contributed by atoms with Gasteiger partial charge in [0.15, 0.2) is 12.4 Å². The van der Waals surface area contributed by atoms with Crippen molar-refractivity contribution in [3.63, 3.8) is 0 Å². The molecule has 3 aromatic carbocycles. The summed E-state index contributed by atoms with van der Waals surface area (Å²) in [5.74, 6) is -0.483. The Bertz CT molecular complexity index is 1040. The first-order valence-electron chi connectivity index (χ1n) is 12.0. The van der Waals surface area contributed by atoms with E-state index in [-0.39, 0.29) is 19.8 Å². The van der Waals surface area contributed by atoms with E-state index in [0.29, 0.717) is 6.61 Å². The van der Waals surface area contributed by atoms with Crippen molar-refractivity contribution >= 4 is 5.97 Å². The van der Waals surface area contributed by atoms with Gasteiger partial charge in [-0.1, -0.05) is 91.0 Å². The zero-order valence-corrected chi connectivity index (χ0v) is 20.3. The lowest BCUT2D eigenvalue weighted by Crippen LogP contribution is -2.61. The molecule has 1 unspecified atom stereocenters. The van der Waals surface area contributed by atoms with Crippen LogP contribution in [0.1, 0.15) is 23.6 Å². The smallest absolute Gasteiger partial charge is 0.303 e. The first-order chi connectivity index (χ1) is 17.6. The number of carbonyl (C=O) groups is 1. The molecule has 0 amide bonds. The number of ether oxygens (including phenoxy) is 5. The fourth-order valence-electron chi connectivity index (χ4n) is 4.13. The second kappa shape index (κ2) is 13.3. The Morgan fingerprint density at radius 3 is 1.69 bits per heavy atom. The standard InChI is InChI=1S/C29H32O7/c1-21(30)35-26-25(20-32-17-22-11-5-2-6-12-22)36-29(31)28(34-19-24-15-9-4-10-16-24)27(26)33-18-23-13-7-3-8-14-23/h2-16,25-29,31H,17-20H2,1H3/t25-,26-,27+,28-,29?/m1/s1. The van der Waals surface area contributed by atoms with Crippen molar-refractivity contribution in [2.45, 2.75) is 57.5 Å². The summed E-state index contributed by atoms with van der Waals surface area (Å²) in [7, 11) is 0. The normalized spacial score (nSPS) is 23.8. The summed E-state index contributed by atoms with van der Waals surface area (Å²) in [6, 6.07) is 29.0. The highest BCUT2D eigenvalue weighted by molar-refractivity contribution is 5.66. The monoisotopic (exact) mass is 492 g/mol. The number of hydrogen-bond acceptors (Lipinski definition) is 7. The highest BCUT2D eigenvalue weighted by Crippen LogP contribution is 2.29. The molecule has 1 aliphatic rings. The van der Waals surface area contributed by atoms with Gasteiger partial charge in [-0.05, 0) is 16.7 Å². The number of carbonyl (C=O) groups excluding carboxylic acids is 1. The molecule has 1 N–H and O–H groups in total. The van der Waals surface area contributed by atoms with Crippen molar-refractivity contribution in [3.8, 4) is 0 Å². The Morgan fingerprint density at radius 1 is 0.722 bits per heavy atom. The van der Waals surface area contributed by atoms with Gasteiger partial charge in [-0.25, -0.2) is 0 Å². The molecule has 1 saturated heterocycles. The molecule has 4 rings (SSSR count). The summed E-state index contributed by atoms with van der Waals surface area (Å²) in [6.45, 7) is 2.27. The fraction of sp³-hybridized carbons (Fsp3) is 0.345. The first kappa shape index (κ1) is 26.0. The van der Waals surface area contributed by atoms with Gasteiger partial charge in [0.25, 0.3) is 0 Å². The zero-order chi connectivity index (χ0) is 25.2. The minimum atomic E-state index is -1.30. The summed E-state index contributed by atoms with van der Waals surface area (Å²) >= 11 is 0. The van der Waals surface area contributed by atoms with Crippen LogP contribution in [-0.4, -0.2) is 48.4 Å². The van der Waals surface area contributed by atoms with Crippen molar-refractivity contribution in [1.82, 2.24) is 0 Å². The summed E-state index contributed by atoms with van der Waals surface area (Å²) in [5.41, 5.74) is 2.88. The molecule has 1 heterocycles. The van der Waals surface area contributed by atoms with Gasteiger partial charge in [0.05, 0.1) is 26.4 Å². The molecule has 5 atom stereocenters. The Morgan fingerprint density at radius 2 is 1.19 bits per heavy atom. The molecule has 0 radical (unpaired) electrons. The third-order valence-corrected chi connectivity index (χ3v) is 5.88. The van der Waals surface area contributed by atoms with Gasteiger partial charge in [-0.15, -0.1) is 0 Å². The van der Waals surface area contributed by atoms with E-state index >= 15 is 0 Å². The first-order valence-corrected chi connectivity index (χ1v) is 12.0. The molecule has 0 spiro atoms. The van der Waals surface area contributed by atoms with Crippen LogP contribution in [0.4, 0.5) is 0 Å². The summed E-state index contributed by atoms with van der Waals surface area (Å²) in [5, 5.41) is 10.9. The summed E-state index contributed by atoms with van der Waals surface area (Å²) in [4.78, 5) is 12.1. The van der Waals surface area contributed by atoms with Crippen LogP contribution in [0.15, 0.2) is 91.0 Å². The maximum Gasteiger partial charge on any atom is 0.303 e. The van der Waals surface area contributed by atoms with E-state index in [1.54, 1.807) is 0 Å². The minimum Gasteiger partial charge on any atom is -0.457 e. The van der Waals surface area contributed by atoms with E-state index in [2.05, 4.69) is 0 Å². The molecule has 0 aliphatic carbocycles. The Hall–Kier alpha value is -3.07. The van der Waals surface area contributed by atoms with Crippen LogP contribution < -0.4 is 0 Å². The lowest BCUT2D eigenvalue weighted by Gasteiger charge is -2.43. The highest BCUT2D eigenvalue weighted by Gasteiger charge is 2.49. The van der Waals surface area contributed by atoms with Gasteiger partial charge < -0.3 is 28.8 Å². The second-order valence-electron chi connectivity index (χ2n) is 8.66. The fourth-order valence-corrected chi connectivity index (χ4v) is 4.13. The van der Waals surface area contributed by atoms with Gasteiger partial charge in [-0.3, -0.25) is 4.79 Å².